The molecular weight excluding hydrogens is 262 g/mol. The molecule has 1 aliphatic rings. The van der Waals surface area contributed by atoms with Crippen molar-refractivity contribution in [3.63, 3.8) is 0 Å². The molecule has 0 radical (unpaired) electrons. The van der Waals surface area contributed by atoms with E-state index in [0.717, 1.165) is 18.8 Å². The molecule has 0 aliphatic heterocycles. The fourth-order valence-electron chi connectivity index (χ4n) is 2.63. The zero-order valence-corrected chi connectivity index (χ0v) is 11.9. The predicted octanol–water partition coefficient (Wildman–Crippen LogP) is 3.02. The van der Waals surface area contributed by atoms with E-state index < -0.39 is 0 Å². The summed E-state index contributed by atoms with van der Waals surface area (Å²) >= 11 is 5.88. The Bertz CT molecular complexity index is 464. The lowest BCUT2D eigenvalue weighted by Gasteiger charge is -2.29. The van der Waals surface area contributed by atoms with E-state index >= 15 is 0 Å². The van der Waals surface area contributed by atoms with Gasteiger partial charge in [-0.15, -0.1) is 0 Å². The van der Waals surface area contributed by atoms with E-state index in [1.165, 1.54) is 25.5 Å². The van der Waals surface area contributed by atoms with Crippen LogP contribution in [0.25, 0.3) is 0 Å². The first-order chi connectivity index (χ1) is 9.10. The first-order valence-corrected chi connectivity index (χ1v) is 7.19. The van der Waals surface area contributed by atoms with Gasteiger partial charge in [0.1, 0.15) is 5.82 Å². The van der Waals surface area contributed by atoms with Gasteiger partial charge in [-0.2, -0.15) is 0 Å². The summed E-state index contributed by atoms with van der Waals surface area (Å²) in [6, 6.07) is 1.84. The second-order valence-electron chi connectivity index (χ2n) is 5.20. The second-order valence-corrected chi connectivity index (χ2v) is 5.61. The minimum atomic E-state index is -0.115. The van der Waals surface area contributed by atoms with E-state index in [4.69, 9.17) is 17.3 Å². The number of nitrogens with zero attached hydrogens (tertiary/aromatic N) is 1. The van der Waals surface area contributed by atoms with E-state index in [1.54, 1.807) is 6.07 Å². The summed E-state index contributed by atoms with van der Waals surface area (Å²) in [5, 5.41) is 3.39. The van der Waals surface area contributed by atoms with E-state index in [1.807, 2.05) is 0 Å². The van der Waals surface area contributed by atoms with Gasteiger partial charge >= 0.3 is 0 Å². The number of carbonyl (C=O) groups is 1. The lowest BCUT2D eigenvalue weighted by Crippen LogP contribution is -2.38. The number of pyridine rings is 1. The number of rotatable bonds is 3. The van der Waals surface area contributed by atoms with Crippen molar-refractivity contribution in [3.05, 3.63) is 22.8 Å². The standard InChI is InChI=1S/C14H20ClN3O/c1-2-9-4-3-5-11(6-9)18-14(19)10-7-12(15)13(16)17-8-10/h7-9,11H,2-6H2,1H3,(H2,16,17)(H,18,19). The van der Waals surface area contributed by atoms with Crippen molar-refractivity contribution in [1.82, 2.24) is 10.3 Å². The number of carbonyl (C=O) groups excluding carboxylic acids is 1. The Morgan fingerprint density at radius 3 is 3.05 bits per heavy atom. The number of hydrogen-bond donors (Lipinski definition) is 2. The van der Waals surface area contributed by atoms with E-state index in [0.29, 0.717) is 10.6 Å². The molecule has 19 heavy (non-hydrogen) atoms. The van der Waals surface area contributed by atoms with Crippen molar-refractivity contribution in [1.29, 1.82) is 0 Å². The highest BCUT2D eigenvalue weighted by molar-refractivity contribution is 6.33. The molecule has 3 N–H and O–H groups in total. The summed E-state index contributed by atoms with van der Waals surface area (Å²) in [7, 11) is 0. The van der Waals surface area contributed by atoms with Gasteiger partial charge < -0.3 is 11.1 Å². The Labute approximate surface area is 118 Å². The Balaban J connectivity index is 1.98. The Morgan fingerprint density at radius 2 is 2.37 bits per heavy atom. The molecule has 0 spiro atoms. The van der Waals surface area contributed by atoms with Gasteiger partial charge in [0, 0.05) is 12.2 Å². The van der Waals surface area contributed by atoms with Crippen molar-refractivity contribution in [2.75, 3.05) is 5.73 Å². The summed E-state index contributed by atoms with van der Waals surface area (Å²) < 4.78 is 0. The number of nitrogen functional groups attached to an aromatic ring is 1. The number of halogens is 1. The molecule has 1 saturated carbocycles. The average Bonchev–Trinajstić information content (AvgIpc) is 2.42. The summed E-state index contributed by atoms with van der Waals surface area (Å²) in [5.41, 5.74) is 6.00. The van der Waals surface area contributed by atoms with Crippen molar-refractivity contribution in [3.8, 4) is 0 Å². The van der Waals surface area contributed by atoms with Gasteiger partial charge in [0.15, 0.2) is 0 Å². The van der Waals surface area contributed by atoms with E-state index in [9.17, 15) is 4.79 Å². The van der Waals surface area contributed by atoms with Gasteiger partial charge in [-0.3, -0.25) is 4.79 Å². The molecule has 2 unspecified atom stereocenters. The molecule has 1 amide bonds. The van der Waals surface area contributed by atoms with Crippen molar-refractivity contribution in [2.24, 2.45) is 5.92 Å². The number of nitrogens with one attached hydrogen (secondary N) is 1. The zero-order chi connectivity index (χ0) is 13.8. The van der Waals surface area contributed by atoms with Crippen LogP contribution < -0.4 is 11.1 Å². The number of aromatic nitrogens is 1. The van der Waals surface area contributed by atoms with Gasteiger partial charge in [-0.25, -0.2) is 4.98 Å². The highest BCUT2D eigenvalue weighted by Gasteiger charge is 2.22. The molecule has 5 heteroatoms. The number of amides is 1. The van der Waals surface area contributed by atoms with Gasteiger partial charge in [0.25, 0.3) is 5.91 Å². The molecule has 4 nitrogen and oxygen atoms in total. The monoisotopic (exact) mass is 281 g/mol. The SMILES string of the molecule is CCC1CCCC(NC(=O)c2cnc(N)c(Cl)c2)C1. The van der Waals surface area contributed by atoms with Crippen LogP contribution in [0.5, 0.6) is 0 Å². The quantitative estimate of drug-likeness (QED) is 0.895. The van der Waals surface area contributed by atoms with Crippen LogP contribution in [-0.2, 0) is 0 Å². The third-order valence-corrected chi connectivity index (χ3v) is 4.13. The summed E-state index contributed by atoms with van der Waals surface area (Å²) in [5.74, 6) is 0.866. The van der Waals surface area contributed by atoms with Crippen molar-refractivity contribution < 1.29 is 4.79 Å². The molecule has 104 valence electrons. The first kappa shape index (κ1) is 14.1. The molecule has 1 aromatic rings. The normalized spacial score (nSPS) is 23.1. The van der Waals surface area contributed by atoms with Crippen LogP contribution in [-0.4, -0.2) is 16.9 Å². The maximum absolute atomic E-state index is 12.1. The molecule has 2 atom stereocenters. The fourth-order valence-corrected chi connectivity index (χ4v) is 2.80. The van der Waals surface area contributed by atoms with Crippen LogP contribution in [0.1, 0.15) is 49.4 Å². The molecule has 0 aromatic carbocycles. The van der Waals surface area contributed by atoms with Crippen LogP contribution in [0, 0.1) is 5.92 Å². The van der Waals surface area contributed by atoms with E-state index in [2.05, 4.69) is 17.2 Å². The number of hydrogen-bond acceptors (Lipinski definition) is 3. The van der Waals surface area contributed by atoms with Crippen LogP contribution in [0.15, 0.2) is 12.3 Å². The maximum Gasteiger partial charge on any atom is 0.253 e. The topological polar surface area (TPSA) is 68.0 Å². The fraction of sp³-hybridized carbons (Fsp3) is 0.571. The van der Waals surface area contributed by atoms with Crippen molar-refractivity contribution >= 4 is 23.3 Å². The lowest BCUT2D eigenvalue weighted by molar-refractivity contribution is 0.0919. The molecule has 1 heterocycles. The zero-order valence-electron chi connectivity index (χ0n) is 11.2. The number of anilines is 1. The Hall–Kier alpha value is -1.29. The van der Waals surface area contributed by atoms with Crippen LogP contribution in [0.2, 0.25) is 5.02 Å². The molecule has 1 fully saturated rings. The van der Waals surface area contributed by atoms with Crippen LogP contribution >= 0.6 is 11.6 Å². The second kappa shape index (κ2) is 6.24. The molecule has 2 rings (SSSR count). The average molecular weight is 282 g/mol. The summed E-state index contributed by atoms with van der Waals surface area (Å²) in [4.78, 5) is 16.0. The highest BCUT2D eigenvalue weighted by atomic mass is 35.5. The summed E-state index contributed by atoms with van der Waals surface area (Å²) in [6.07, 6.45) is 7.23. The van der Waals surface area contributed by atoms with E-state index in [-0.39, 0.29) is 17.8 Å². The third kappa shape index (κ3) is 3.60. The number of nitrogens with two attached hydrogens (primary N) is 1. The van der Waals surface area contributed by atoms with Gasteiger partial charge in [-0.05, 0) is 24.8 Å². The maximum atomic E-state index is 12.1. The Kier molecular flexibility index (Phi) is 4.64. The minimum Gasteiger partial charge on any atom is -0.382 e. The lowest BCUT2D eigenvalue weighted by atomic mass is 9.84. The molecule has 1 aliphatic carbocycles. The van der Waals surface area contributed by atoms with Crippen LogP contribution in [0.3, 0.4) is 0 Å². The molecule has 0 saturated heterocycles. The highest BCUT2D eigenvalue weighted by Crippen LogP contribution is 2.26. The first-order valence-electron chi connectivity index (χ1n) is 6.82. The minimum absolute atomic E-state index is 0.115. The molecular formula is C14H20ClN3O. The largest absolute Gasteiger partial charge is 0.382 e. The summed E-state index contributed by atoms with van der Waals surface area (Å²) in [6.45, 7) is 2.21. The van der Waals surface area contributed by atoms with Crippen molar-refractivity contribution in [2.45, 2.75) is 45.1 Å². The Morgan fingerprint density at radius 1 is 1.58 bits per heavy atom. The van der Waals surface area contributed by atoms with Gasteiger partial charge in [-0.1, -0.05) is 37.8 Å². The van der Waals surface area contributed by atoms with Gasteiger partial charge in [0.2, 0.25) is 0 Å². The molecule has 1 aromatic heterocycles. The van der Waals surface area contributed by atoms with Crippen LogP contribution in [0.4, 0.5) is 5.82 Å². The predicted molar refractivity (Wildman–Crippen MR) is 77.2 cm³/mol. The van der Waals surface area contributed by atoms with Gasteiger partial charge in [0.05, 0.1) is 10.6 Å². The smallest absolute Gasteiger partial charge is 0.253 e. The third-order valence-electron chi connectivity index (χ3n) is 3.83. The molecule has 0 bridgehead atoms.